The van der Waals surface area contributed by atoms with Crippen LogP contribution >= 0.6 is 11.8 Å². The first kappa shape index (κ1) is 8.96. The van der Waals surface area contributed by atoms with Crippen LogP contribution in [0.25, 0.3) is 0 Å². The molecule has 0 N–H and O–H groups in total. The lowest BCUT2D eigenvalue weighted by molar-refractivity contribution is 0.129. The van der Waals surface area contributed by atoms with Gasteiger partial charge in [0.05, 0.1) is 11.9 Å². The average molecular weight is 170 g/mol. The van der Waals surface area contributed by atoms with Gasteiger partial charge in [0, 0.05) is 12.4 Å². The van der Waals surface area contributed by atoms with Gasteiger partial charge in [0.2, 0.25) is 0 Å². The summed E-state index contributed by atoms with van der Waals surface area (Å²) >= 11 is 1.88. The highest BCUT2D eigenvalue weighted by Crippen LogP contribution is 2.16. The molecule has 0 aliphatic carbocycles. The second-order valence-electron chi connectivity index (χ2n) is 2.58. The topological polar surface area (TPSA) is 9.23 Å². The van der Waals surface area contributed by atoms with Crippen LogP contribution in [-0.4, -0.2) is 24.2 Å². The van der Waals surface area contributed by atoms with Gasteiger partial charge >= 0.3 is 0 Å². The lowest BCUT2D eigenvalue weighted by Crippen LogP contribution is -2.07. The summed E-state index contributed by atoms with van der Waals surface area (Å²) in [6.07, 6.45) is 3.00. The number of hydrogen-bond acceptors (Lipinski definition) is 2. The van der Waals surface area contributed by atoms with Gasteiger partial charge in [-0.2, -0.15) is 0 Å². The maximum absolute atomic E-state index is 5.46. The van der Waals surface area contributed by atoms with Crippen molar-refractivity contribution in [2.75, 3.05) is 18.1 Å². The molecule has 0 aromatic rings. The lowest BCUT2D eigenvalue weighted by atomic mass is 10.3. The molecule has 1 heterocycles. The van der Waals surface area contributed by atoms with Crippen molar-refractivity contribution in [3.8, 4) is 11.8 Å². The molecule has 0 amide bonds. The fourth-order valence-electron chi connectivity index (χ4n) is 1.09. The Hall–Kier alpha value is -0.130. The van der Waals surface area contributed by atoms with Crippen LogP contribution in [-0.2, 0) is 4.74 Å². The van der Waals surface area contributed by atoms with E-state index in [4.69, 9.17) is 4.74 Å². The van der Waals surface area contributed by atoms with E-state index in [-0.39, 0.29) is 0 Å². The van der Waals surface area contributed by atoms with E-state index < -0.39 is 0 Å². The van der Waals surface area contributed by atoms with E-state index in [1.807, 2.05) is 18.7 Å². The van der Waals surface area contributed by atoms with Gasteiger partial charge in [0.1, 0.15) is 0 Å². The van der Waals surface area contributed by atoms with E-state index in [1.165, 1.54) is 12.8 Å². The largest absolute Gasteiger partial charge is 0.377 e. The Balaban J connectivity index is 1.96. The third-order valence-corrected chi connectivity index (χ3v) is 2.63. The van der Waals surface area contributed by atoms with Crippen LogP contribution in [0.3, 0.4) is 0 Å². The molecule has 1 saturated heterocycles. The molecule has 1 nitrogen and oxygen atoms in total. The molecule has 0 aromatic carbocycles. The minimum Gasteiger partial charge on any atom is -0.377 e. The average Bonchev–Trinajstić information content (AvgIpc) is 2.50. The number of ether oxygens (including phenoxy) is 1. The van der Waals surface area contributed by atoms with Crippen molar-refractivity contribution >= 4 is 11.8 Å². The fraction of sp³-hybridized carbons (Fsp3) is 0.778. The zero-order valence-electron chi connectivity index (χ0n) is 6.93. The third kappa shape index (κ3) is 3.69. The van der Waals surface area contributed by atoms with Gasteiger partial charge in [-0.25, -0.2) is 0 Å². The van der Waals surface area contributed by atoms with Crippen LogP contribution in [0.4, 0.5) is 0 Å². The van der Waals surface area contributed by atoms with Crippen LogP contribution in [0.5, 0.6) is 0 Å². The summed E-state index contributed by atoms with van der Waals surface area (Å²) < 4.78 is 5.46. The predicted octanol–water partition coefficient (Wildman–Crippen LogP) is 1.92. The number of thioether (sulfide) groups is 1. The van der Waals surface area contributed by atoms with Gasteiger partial charge in [-0.1, -0.05) is 5.92 Å². The predicted molar refractivity (Wildman–Crippen MR) is 49.7 cm³/mol. The van der Waals surface area contributed by atoms with Crippen molar-refractivity contribution in [2.45, 2.75) is 25.9 Å². The molecule has 0 saturated carbocycles. The lowest BCUT2D eigenvalue weighted by Gasteiger charge is -2.05. The number of hydrogen-bond donors (Lipinski definition) is 0. The van der Waals surface area contributed by atoms with E-state index in [1.54, 1.807) is 0 Å². The molecule has 1 aliphatic heterocycles. The Morgan fingerprint density at radius 3 is 3.18 bits per heavy atom. The maximum Gasteiger partial charge on any atom is 0.0666 e. The first-order chi connectivity index (χ1) is 5.43. The summed E-state index contributed by atoms with van der Waals surface area (Å²) in [5, 5.41) is 0. The Labute approximate surface area is 72.9 Å². The van der Waals surface area contributed by atoms with Crippen molar-refractivity contribution in [1.29, 1.82) is 0 Å². The Bertz CT molecular complexity index is 151. The zero-order valence-corrected chi connectivity index (χ0v) is 7.75. The van der Waals surface area contributed by atoms with Gasteiger partial charge in [-0.05, 0) is 19.8 Å². The highest BCUT2D eigenvalue weighted by atomic mass is 32.2. The molecule has 2 heteroatoms. The molecular weight excluding hydrogens is 156 g/mol. The van der Waals surface area contributed by atoms with Crippen molar-refractivity contribution in [2.24, 2.45) is 0 Å². The van der Waals surface area contributed by atoms with Gasteiger partial charge in [-0.3, -0.25) is 0 Å². The number of rotatable bonds is 3. The fourth-order valence-corrected chi connectivity index (χ4v) is 1.98. The zero-order chi connectivity index (χ0) is 7.94. The van der Waals surface area contributed by atoms with E-state index in [2.05, 4.69) is 11.8 Å². The normalized spacial score (nSPS) is 22.8. The molecule has 62 valence electrons. The summed E-state index contributed by atoms with van der Waals surface area (Å²) in [6, 6.07) is 0. The van der Waals surface area contributed by atoms with E-state index in [0.717, 1.165) is 18.1 Å². The Morgan fingerprint density at radius 2 is 2.55 bits per heavy atom. The molecule has 1 rings (SSSR count). The van der Waals surface area contributed by atoms with Crippen LogP contribution in [0.2, 0.25) is 0 Å². The van der Waals surface area contributed by atoms with E-state index in [0.29, 0.717) is 6.10 Å². The van der Waals surface area contributed by atoms with Gasteiger partial charge in [-0.15, -0.1) is 17.7 Å². The van der Waals surface area contributed by atoms with Crippen LogP contribution < -0.4 is 0 Å². The Morgan fingerprint density at radius 1 is 1.64 bits per heavy atom. The molecule has 0 bridgehead atoms. The Kier molecular flexibility index (Phi) is 4.49. The van der Waals surface area contributed by atoms with E-state index in [9.17, 15) is 0 Å². The summed E-state index contributed by atoms with van der Waals surface area (Å²) in [4.78, 5) is 0. The molecule has 1 fully saturated rings. The summed E-state index contributed by atoms with van der Waals surface area (Å²) in [5.74, 6) is 7.99. The van der Waals surface area contributed by atoms with Crippen molar-refractivity contribution in [1.82, 2.24) is 0 Å². The van der Waals surface area contributed by atoms with Crippen molar-refractivity contribution in [3.05, 3.63) is 0 Å². The summed E-state index contributed by atoms with van der Waals surface area (Å²) in [5.41, 5.74) is 0. The highest BCUT2D eigenvalue weighted by molar-refractivity contribution is 7.99. The second kappa shape index (κ2) is 5.51. The molecule has 1 atom stereocenters. The maximum atomic E-state index is 5.46. The van der Waals surface area contributed by atoms with Crippen molar-refractivity contribution < 1.29 is 4.74 Å². The summed E-state index contributed by atoms with van der Waals surface area (Å²) in [6.45, 7) is 2.84. The molecule has 0 aromatic heterocycles. The molecule has 0 spiro atoms. The smallest absolute Gasteiger partial charge is 0.0666 e. The van der Waals surface area contributed by atoms with Crippen LogP contribution in [0.1, 0.15) is 19.8 Å². The first-order valence-electron chi connectivity index (χ1n) is 4.02. The second-order valence-corrected chi connectivity index (χ2v) is 3.61. The first-order valence-corrected chi connectivity index (χ1v) is 5.18. The quantitative estimate of drug-likeness (QED) is 0.473. The SMILES string of the molecule is CC#CCSCC1CCCO1. The highest BCUT2D eigenvalue weighted by Gasteiger charge is 2.14. The molecule has 1 aliphatic rings. The van der Waals surface area contributed by atoms with Crippen LogP contribution in [0.15, 0.2) is 0 Å². The standard InChI is InChI=1S/C9H14OS/c1-2-3-7-11-8-9-5-4-6-10-9/h9H,4-8H2,1H3. The molecule has 11 heavy (non-hydrogen) atoms. The van der Waals surface area contributed by atoms with Crippen molar-refractivity contribution in [3.63, 3.8) is 0 Å². The summed E-state index contributed by atoms with van der Waals surface area (Å²) in [7, 11) is 0. The van der Waals surface area contributed by atoms with Gasteiger partial charge < -0.3 is 4.74 Å². The minimum atomic E-state index is 0.513. The van der Waals surface area contributed by atoms with E-state index >= 15 is 0 Å². The molecular formula is C9H14OS. The third-order valence-electron chi connectivity index (χ3n) is 1.68. The minimum absolute atomic E-state index is 0.513. The molecule has 0 radical (unpaired) electrons. The van der Waals surface area contributed by atoms with Gasteiger partial charge in [0.15, 0.2) is 0 Å². The van der Waals surface area contributed by atoms with Gasteiger partial charge in [0.25, 0.3) is 0 Å². The monoisotopic (exact) mass is 170 g/mol. The van der Waals surface area contributed by atoms with Crippen LogP contribution in [0, 0.1) is 11.8 Å². The molecule has 1 unspecified atom stereocenters.